The molecule has 33 heavy (non-hydrogen) atoms. The van der Waals surface area contributed by atoms with Crippen LogP contribution < -0.4 is 21.9 Å². The summed E-state index contributed by atoms with van der Waals surface area (Å²) in [6.07, 6.45) is -0.535. The highest BCUT2D eigenvalue weighted by Gasteiger charge is 2.27. The summed E-state index contributed by atoms with van der Waals surface area (Å²) in [4.78, 5) is 4.86. The Morgan fingerprint density at radius 2 is 1.36 bits per heavy atom. The zero-order valence-corrected chi connectivity index (χ0v) is 19.8. The van der Waals surface area contributed by atoms with E-state index in [-0.39, 0.29) is 25.1 Å². The Labute approximate surface area is 203 Å². The van der Waals surface area contributed by atoms with Crippen LogP contribution in [0.25, 0.3) is 0 Å². The smallest absolute Gasteiger partial charge is 0.123 e. The van der Waals surface area contributed by atoms with Crippen LogP contribution in [0.1, 0.15) is 17.2 Å². The Morgan fingerprint density at radius 3 is 1.94 bits per heavy atom. The molecule has 1 fully saturated rings. The molecule has 4 rings (SSSR count). The summed E-state index contributed by atoms with van der Waals surface area (Å²) in [5, 5.41) is 10.5. The lowest BCUT2D eigenvalue weighted by molar-refractivity contribution is -0.00000938. The predicted octanol–water partition coefficient (Wildman–Crippen LogP) is 0.846. The molecule has 1 aliphatic rings. The van der Waals surface area contributed by atoms with Crippen LogP contribution in [-0.4, -0.2) is 67.5 Å². The molecule has 3 aromatic rings. The van der Waals surface area contributed by atoms with Gasteiger partial charge in [-0.2, -0.15) is 0 Å². The van der Waals surface area contributed by atoms with Gasteiger partial charge in [-0.25, -0.2) is 0 Å². The van der Waals surface area contributed by atoms with Crippen molar-refractivity contribution in [2.45, 2.75) is 12.1 Å². The number of hydrogen-bond acceptors (Lipinski definition) is 5. The first-order chi connectivity index (χ1) is 15.7. The summed E-state index contributed by atoms with van der Waals surface area (Å²) in [7, 11) is 1.63. The molecular formula is C27H32ClN2O3-. The van der Waals surface area contributed by atoms with Crippen molar-refractivity contribution in [1.82, 2.24) is 9.80 Å². The van der Waals surface area contributed by atoms with Crippen molar-refractivity contribution in [1.29, 1.82) is 0 Å². The van der Waals surface area contributed by atoms with Gasteiger partial charge in [-0.15, -0.1) is 0 Å². The number of hydrogen-bond donors (Lipinski definition) is 1. The fourth-order valence-electron chi connectivity index (χ4n) is 4.32. The highest BCUT2D eigenvalue weighted by atomic mass is 35.5. The van der Waals surface area contributed by atoms with Crippen LogP contribution in [0.5, 0.6) is 11.5 Å². The number of aliphatic hydroxyl groups excluding tert-OH is 1. The maximum atomic E-state index is 10.5. The molecule has 1 atom stereocenters. The van der Waals surface area contributed by atoms with E-state index in [2.05, 4.69) is 70.5 Å². The Morgan fingerprint density at radius 1 is 0.788 bits per heavy atom. The zero-order chi connectivity index (χ0) is 22.2. The topological polar surface area (TPSA) is 45.2 Å². The van der Waals surface area contributed by atoms with Gasteiger partial charge in [0.2, 0.25) is 0 Å². The molecular weight excluding hydrogens is 436 g/mol. The van der Waals surface area contributed by atoms with Crippen LogP contribution in [0, 0.1) is 0 Å². The molecule has 0 aliphatic carbocycles. The van der Waals surface area contributed by atoms with E-state index in [1.54, 1.807) is 7.11 Å². The molecule has 0 saturated carbocycles. The van der Waals surface area contributed by atoms with Gasteiger partial charge in [0.05, 0.1) is 13.2 Å². The van der Waals surface area contributed by atoms with E-state index in [0.29, 0.717) is 12.3 Å². The van der Waals surface area contributed by atoms with Gasteiger partial charge in [-0.3, -0.25) is 9.80 Å². The summed E-state index contributed by atoms with van der Waals surface area (Å²) >= 11 is 0. The van der Waals surface area contributed by atoms with E-state index < -0.39 is 6.10 Å². The standard InChI is InChI=1S/C27H32N2O3.ClH/c1-31-25-13-8-14-26(19-25)32-21-24(30)20-28-15-17-29(18-16-28)27(22-9-4-2-5-10-22)23-11-6-3-7-12-23;/h2-14,19,24,27,30H,15-18,20-21H2,1H3;1H/p-1. The number of rotatable bonds is 9. The quantitative estimate of drug-likeness (QED) is 0.505. The van der Waals surface area contributed by atoms with Crippen LogP contribution in [0.2, 0.25) is 0 Å². The number of β-amino-alcohol motifs (C(OH)–C–C–N with tert-alkyl or cyclic N) is 1. The molecule has 0 aromatic heterocycles. The molecule has 1 heterocycles. The third-order valence-corrected chi connectivity index (χ3v) is 5.96. The molecule has 0 amide bonds. The molecule has 0 radical (unpaired) electrons. The average molecular weight is 468 g/mol. The summed E-state index contributed by atoms with van der Waals surface area (Å²) in [6, 6.07) is 29.1. The fourth-order valence-corrected chi connectivity index (χ4v) is 4.32. The van der Waals surface area contributed by atoms with E-state index in [1.807, 2.05) is 24.3 Å². The van der Waals surface area contributed by atoms with Crippen LogP contribution in [0.4, 0.5) is 0 Å². The minimum absolute atomic E-state index is 0. The van der Waals surface area contributed by atoms with E-state index in [4.69, 9.17) is 9.47 Å². The number of piperazine rings is 1. The minimum Gasteiger partial charge on any atom is -1.00 e. The minimum atomic E-state index is -0.535. The molecule has 6 heteroatoms. The Bertz CT molecular complexity index is 910. The molecule has 3 aromatic carbocycles. The summed E-state index contributed by atoms with van der Waals surface area (Å²) < 4.78 is 11.0. The normalized spacial score (nSPS) is 15.6. The van der Waals surface area contributed by atoms with Crippen LogP contribution in [0.15, 0.2) is 84.9 Å². The predicted molar refractivity (Wildman–Crippen MR) is 127 cm³/mol. The Hall–Kier alpha value is -2.57. The van der Waals surface area contributed by atoms with Crippen molar-refractivity contribution in [3.05, 3.63) is 96.1 Å². The molecule has 0 bridgehead atoms. The molecule has 0 spiro atoms. The maximum Gasteiger partial charge on any atom is 0.123 e. The van der Waals surface area contributed by atoms with Crippen molar-refractivity contribution in [3.63, 3.8) is 0 Å². The van der Waals surface area contributed by atoms with Crippen molar-refractivity contribution in [3.8, 4) is 11.5 Å². The lowest BCUT2D eigenvalue weighted by atomic mass is 9.96. The van der Waals surface area contributed by atoms with Crippen molar-refractivity contribution < 1.29 is 27.0 Å². The van der Waals surface area contributed by atoms with Gasteiger partial charge in [0.15, 0.2) is 0 Å². The second kappa shape index (κ2) is 12.6. The first-order valence-electron chi connectivity index (χ1n) is 11.2. The van der Waals surface area contributed by atoms with Gasteiger partial charge in [-0.05, 0) is 23.3 Å². The van der Waals surface area contributed by atoms with Crippen LogP contribution >= 0.6 is 0 Å². The lowest BCUT2D eigenvalue weighted by Gasteiger charge is -2.40. The van der Waals surface area contributed by atoms with E-state index >= 15 is 0 Å². The molecule has 1 saturated heterocycles. The van der Waals surface area contributed by atoms with Gasteiger partial charge >= 0.3 is 0 Å². The first kappa shape index (κ1) is 25.1. The van der Waals surface area contributed by atoms with Crippen molar-refractivity contribution in [2.75, 3.05) is 46.4 Å². The zero-order valence-electron chi connectivity index (χ0n) is 19.0. The number of nitrogens with zero attached hydrogens (tertiary/aromatic N) is 2. The van der Waals surface area contributed by atoms with Gasteiger partial charge < -0.3 is 27.0 Å². The van der Waals surface area contributed by atoms with Crippen LogP contribution in [0.3, 0.4) is 0 Å². The highest BCUT2D eigenvalue weighted by Crippen LogP contribution is 2.29. The molecule has 5 nitrogen and oxygen atoms in total. The molecule has 176 valence electrons. The fraction of sp³-hybridized carbons (Fsp3) is 0.333. The molecule has 1 N–H and O–H groups in total. The Kier molecular flexibility index (Phi) is 9.58. The summed E-state index contributed by atoms with van der Waals surface area (Å²) in [5.74, 6) is 1.46. The molecule has 1 unspecified atom stereocenters. The highest BCUT2D eigenvalue weighted by molar-refractivity contribution is 5.33. The van der Waals surface area contributed by atoms with E-state index in [1.165, 1.54) is 11.1 Å². The number of methoxy groups -OCH3 is 1. The summed E-state index contributed by atoms with van der Waals surface area (Å²) in [6.45, 7) is 4.64. The third-order valence-electron chi connectivity index (χ3n) is 5.96. The van der Waals surface area contributed by atoms with Gasteiger partial charge in [0.25, 0.3) is 0 Å². The molecule has 1 aliphatic heterocycles. The second-order valence-electron chi connectivity index (χ2n) is 8.20. The van der Waals surface area contributed by atoms with Gasteiger partial charge in [-0.1, -0.05) is 66.7 Å². The maximum absolute atomic E-state index is 10.5. The van der Waals surface area contributed by atoms with Crippen molar-refractivity contribution in [2.24, 2.45) is 0 Å². The lowest BCUT2D eigenvalue weighted by Crippen LogP contribution is -3.00. The van der Waals surface area contributed by atoms with E-state index in [9.17, 15) is 5.11 Å². The van der Waals surface area contributed by atoms with Gasteiger partial charge in [0.1, 0.15) is 24.2 Å². The summed E-state index contributed by atoms with van der Waals surface area (Å²) in [5.41, 5.74) is 2.64. The first-order valence-corrected chi connectivity index (χ1v) is 11.2. The SMILES string of the molecule is COc1cccc(OCC(O)CN2CCN(C(c3ccccc3)c3ccccc3)CC2)c1.[Cl-]. The van der Waals surface area contributed by atoms with E-state index in [0.717, 1.165) is 31.9 Å². The number of halogens is 1. The van der Waals surface area contributed by atoms with Gasteiger partial charge in [0, 0.05) is 38.8 Å². The van der Waals surface area contributed by atoms with Crippen LogP contribution in [-0.2, 0) is 0 Å². The number of ether oxygens (including phenoxy) is 2. The largest absolute Gasteiger partial charge is 1.00 e. The second-order valence-corrected chi connectivity index (χ2v) is 8.20. The monoisotopic (exact) mass is 467 g/mol. The van der Waals surface area contributed by atoms with Crippen molar-refractivity contribution >= 4 is 0 Å². The Balaban J connectivity index is 0.00000306. The average Bonchev–Trinajstić information content (AvgIpc) is 2.85. The number of aliphatic hydroxyl groups is 1. The third kappa shape index (κ3) is 6.95. The number of benzene rings is 3.